The second-order valence-corrected chi connectivity index (χ2v) is 6.56. The molecule has 156 valence electrons. The average molecular weight is 412 g/mol. The molecule has 0 radical (unpaired) electrons. The van der Waals surface area contributed by atoms with Gasteiger partial charge in [-0.15, -0.1) is 0 Å². The molecule has 0 aromatic heterocycles. The summed E-state index contributed by atoms with van der Waals surface area (Å²) < 4.78 is 5.33. The fourth-order valence-electron chi connectivity index (χ4n) is 2.98. The molecular weight excluding hydrogens is 392 g/mol. The van der Waals surface area contributed by atoms with Crippen molar-refractivity contribution in [3.8, 4) is 0 Å². The highest BCUT2D eigenvalue weighted by atomic mass is 16.5. The van der Waals surface area contributed by atoms with Crippen molar-refractivity contribution in [2.24, 2.45) is 5.73 Å². The monoisotopic (exact) mass is 412 g/mol. The molecule has 10 nitrogen and oxygen atoms in total. The van der Waals surface area contributed by atoms with Crippen molar-refractivity contribution in [3.63, 3.8) is 0 Å². The number of benzene rings is 2. The number of morpholine rings is 1. The molecule has 0 spiro atoms. The van der Waals surface area contributed by atoms with Gasteiger partial charge in [-0.2, -0.15) is 0 Å². The minimum Gasteiger partial charge on any atom is -0.478 e. The van der Waals surface area contributed by atoms with Crippen molar-refractivity contribution >= 4 is 35.0 Å². The SMILES string of the molecule is N=C(N)c1ccc(NC(=O)C(O)C2OCCN(c3cccc(C(=O)O)c3)C2=O)cc1. The lowest BCUT2D eigenvalue weighted by Crippen LogP contribution is -2.55. The molecule has 0 aliphatic carbocycles. The van der Waals surface area contributed by atoms with Gasteiger partial charge in [-0.25, -0.2) is 4.79 Å². The van der Waals surface area contributed by atoms with Crippen LogP contribution in [0.1, 0.15) is 15.9 Å². The summed E-state index contributed by atoms with van der Waals surface area (Å²) in [4.78, 5) is 37.7. The number of nitrogens with two attached hydrogens (primary N) is 1. The van der Waals surface area contributed by atoms with Crippen LogP contribution < -0.4 is 16.0 Å². The van der Waals surface area contributed by atoms with Crippen molar-refractivity contribution in [3.05, 3.63) is 59.7 Å². The van der Waals surface area contributed by atoms with Gasteiger partial charge in [-0.3, -0.25) is 15.0 Å². The Morgan fingerprint density at radius 2 is 1.90 bits per heavy atom. The lowest BCUT2D eigenvalue weighted by molar-refractivity contribution is -0.150. The summed E-state index contributed by atoms with van der Waals surface area (Å²) in [7, 11) is 0. The second kappa shape index (κ2) is 8.72. The van der Waals surface area contributed by atoms with Crippen LogP contribution in [0.25, 0.3) is 0 Å². The predicted octanol–water partition coefficient (Wildman–Crippen LogP) is 0.400. The van der Waals surface area contributed by atoms with E-state index in [0.717, 1.165) is 0 Å². The Labute approximate surface area is 171 Å². The molecule has 1 aliphatic rings. The third-order valence-electron chi connectivity index (χ3n) is 4.55. The van der Waals surface area contributed by atoms with E-state index in [1.807, 2.05) is 0 Å². The fraction of sp³-hybridized carbons (Fsp3) is 0.200. The number of nitrogen functional groups attached to an aromatic ring is 1. The van der Waals surface area contributed by atoms with Crippen molar-refractivity contribution < 1.29 is 29.3 Å². The van der Waals surface area contributed by atoms with Crippen LogP contribution in [0.5, 0.6) is 0 Å². The predicted molar refractivity (Wildman–Crippen MR) is 108 cm³/mol. The Balaban J connectivity index is 1.72. The molecular formula is C20H20N4O6. The molecule has 1 saturated heterocycles. The van der Waals surface area contributed by atoms with E-state index in [2.05, 4.69) is 5.32 Å². The Bertz CT molecular complexity index is 991. The summed E-state index contributed by atoms with van der Waals surface area (Å²) in [5, 5.41) is 29.4. The summed E-state index contributed by atoms with van der Waals surface area (Å²) in [6, 6.07) is 11.9. The van der Waals surface area contributed by atoms with Gasteiger partial charge < -0.3 is 30.9 Å². The van der Waals surface area contributed by atoms with Gasteiger partial charge in [0.15, 0.2) is 12.2 Å². The molecule has 2 amide bonds. The number of aliphatic hydroxyl groups excluding tert-OH is 1. The Morgan fingerprint density at radius 3 is 2.53 bits per heavy atom. The zero-order valence-electron chi connectivity index (χ0n) is 15.7. The first-order valence-electron chi connectivity index (χ1n) is 8.97. The number of carbonyl (C=O) groups excluding carboxylic acids is 2. The first kappa shape index (κ1) is 21.0. The molecule has 2 unspecified atom stereocenters. The smallest absolute Gasteiger partial charge is 0.335 e. The number of carbonyl (C=O) groups is 3. The summed E-state index contributed by atoms with van der Waals surface area (Å²) in [6.07, 6.45) is -3.22. The van der Waals surface area contributed by atoms with Crippen LogP contribution in [0.2, 0.25) is 0 Å². The van der Waals surface area contributed by atoms with Crippen LogP contribution in [0.4, 0.5) is 11.4 Å². The minimum absolute atomic E-state index is 0.00985. The van der Waals surface area contributed by atoms with Crippen LogP contribution in [-0.4, -0.2) is 59.2 Å². The van der Waals surface area contributed by atoms with E-state index in [1.165, 1.54) is 47.4 Å². The number of aromatic carboxylic acids is 1. The standard InChI is InChI=1S/C20H20N4O6/c21-17(22)11-4-6-13(7-5-11)23-18(26)15(25)16-19(27)24(8-9-30-16)14-3-1-2-12(10-14)20(28)29/h1-7,10,15-16,25H,8-9H2,(H3,21,22)(H,23,26)(H,28,29). The van der Waals surface area contributed by atoms with Crippen molar-refractivity contribution in [1.82, 2.24) is 0 Å². The zero-order valence-corrected chi connectivity index (χ0v) is 15.7. The third-order valence-corrected chi connectivity index (χ3v) is 4.55. The van der Waals surface area contributed by atoms with Gasteiger partial charge in [0, 0.05) is 23.5 Å². The highest BCUT2D eigenvalue weighted by Gasteiger charge is 2.39. The van der Waals surface area contributed by atoms with Crippen molar-refractivity contribution in [2.75, 3.05) is 23.4 Å². The van der Waals surface area contributed by atoms with Crippen molar-refractivity contribution in [2.45, 2.75) is 12.2 Å². The van der Waals surface area contributed by atoms with Crippen LogP contribution >= 0.6 is 0 Å². The molecule has 0 saturated carbocycles. The van der Waals surface area contributed by atoms with Crippen LogP contribution in [0.3, 0.4) is 0 Å². The molecule has 6 N–H and O–H groups in total. The molecule has 2 aromatic carbocycles. The topological polar surface area (TPSA) is 166 Å². The highest BCUT2D eigenvalue weighted by Crippen LogP contribution is 2.22. The number of nitrogens with zero attached hydrogens (tertiary/aromatic N) is 1. The molecule has 10 heteroatoms. The van der Waals surface area contributed by atoms with Gasteiger partial charge in [0.25, 0.3) is 11.8 Å². The molecule has 2 atom stereocenters. The zero-order chi connectivity index (χ0) is 21.8. The molecule has 1 heterocycles. The lowest BCUT2D eigenvalue weighted by atomic mass is 10.1. The number of nitrogens with one attached hydrogen (secondary N) is 2. The van der Waals surface area contributed by atoms with E-state index in [9.17, 15) is 19.5 Å². The quantitative estimate of drug-likeness (QED) is 0.338. The summed E-state index contributed by atoms with van der Waals surface area (Å²) in [5.74, 6) is -2.76. The number of anilines is 2. The van der Waals surface area contributed by atoms with Crippen LogP contribution in [0.15, 0.2) is 48.5 Å². The third kappa shape index (κ3) is 4.45. The van der Waals surface area contributed by atoms with E-state index in [1.54, 1.807) is 6.07 Å². The number of hydrogen-bond donors (Lipinski definition) is 5. The van der Waals surface area contributed by atoms with Gasteiger partial charge in [0.1, 0.15) is 5.84 Å². The van der Waals surface area contributed by atoms with Gasteiger partial charge in [-0.05, 0) is 42.5 Å². The molecule has 2 aromatic rings. The lowest BCUT2D eigenvalue weighted by Gasteiger charge is -2.34. The van der Waals surface area contributed by atoms with Gasteiger partial charge in [-0.1, -0.05) is 6.07 Å². The largest absolute Gasteiger partial charge is 0.478 e. The first-order chi connectivity index (χ1) is 14.3. The molecule has 3 rings (SSSR count). The van der Waals surface area contributed by atoms with Gasteiger partial charge >= 0.3 is 5.97 Å². The number of amidine groups is 1. The van der Waals surface area contributed by atoms with Crippen LogP contribution in [0, 0.1) is 5.41 Å². The second-order valence-electron chi connectivity index (χ2n) is 6.56. The fourth-order valence-corrected chi connectivity index (χ4v) is 2.98. The van der Waals surface area contributed by atoms with Gasteiger partial charge in [0.2, 0.25) is 0 Å². The normalized spacial score (nSPS) is 17.3. The highest BCUT2D eigenvalue weighted by molar-refractivity contribution is 6.04. The Kier molecular flexibility index (Phi) is 6.09. The summed E-state index contributed by atoms with van der Waals surface area (Å²) >= 11 is 0. The molecule has 30 heavy (non-hydrogen) atoms. The van der Waals surface area contributed by atoms with E-state index in [-0.39, 0.29) is 24.6 Å². The van der Waals surface area contributed by atoms with Crippen LogP contribution in [-0.2, 0) is 14.3 Å². The van der Waals surface area contributed by atoms with E-state index in [0.29, 0.717) is 16.9 Å². The minimum atomic E-state index is -1.78. The maximum absolute atomic E-state index is 12.8. The number of hydrogen-bond acceptors (Lipinski definition) is 6. The number of carboxylic acid groups (broad SMARTS) is 1. The number of rotatable bonds is 6. The molecule has 1 fully saturated rings. The number of carboxylic acids is 1. The average Bonchev–Trinajstić information content (AvgIpc) is 2.73. The summed E-state index contributed by atoms with van der Waals surface area (Å²) in [6.45, 7) is 0.213. The van der Waals surface area contributed by atoms with E-state index < -0.39 is 30.0 Å². The maximum atomic E-state index is 12.8. The Morgan fingerprint density at radius 1 is 1.20 bits per heavy atom. The summed E-state index contributed by atoms with van der Waals surface area (Å²) in [5.41, 5.74) is 6.54. The van der Waals surface area contributed by atoms with Gasteiger partial charge in [0.05, 0.1) is 12.2 Å². The Hall–Kier alpha value is -3.76. The van der Waals surface area contributed by atoms with E-state index in [4.69, 9.17) is 21.0 Å². The van der Waals surface area contributed by atoms with E-state index >= 15 is 0 Å². The first-order valence-corrected chi connectivity index (χ1v) is 8.97. The molecule has 1 aliphatic heterocycles. The molecule has 0 bridgehead atoms. The number of ether oxygens (including phenoxy) is 1. The van der Waals surface area contributed by atoms with Crippen molar-refractivity contribution in [1.29, 1.82) is 5.41 Å². The maximum Gasteiger partial charge on any atom is 0.335 e. The number of aliphatic hydroxyl groups is 1. The number of amides is 2.